The lowest BCUT2D eigenvalue weighted by atomic mass is 10.0. The molecule has 1 saturated carbocycles. The van der Waals surface area contributed by atoms with Crippen LogP contribution in [-0.4, -0.2) is 9.57 Å². The number of thiocarbonyl (C=S) groups is 1. The van der Waals surface area contributed by atoms with Crippen LogP contribution in [0.3, 0.4) is 0 Å². The van der Waals surface area contributed by atoms with E-state index in [1.807, 2.05) is 6.07 Å². The van der Waals surface area contributed by atoms with Gasteiger partial charge in [-0.15, -0.1) is 0 Å². The quantitative estimate of drug-likeness (QED) is 0.696. The number of hydrogen-bond donors (Lipinski definition) is 1. The predicted octanol–water partition coefficient (Wildman–Crippen LogP) is 5.76. The Kier molecular flexibility index (Phi) is 5.61. The smallest absolute Gasteiger partial charge is 0.138 e. The summed E-state index contributed by atoms with van der Waals surface area (Å²) in [6, 6.07) is 5.47. The van der Waals surface area contributed by atoms with Crippen LogP contribution in [0.5, 0.6) is 0 Å². The lowest BCUT2D eigenvalue weighted by Gasteiger charge is -2.21. The van der Waals surface area contributed by atoms with Gasteiger partial charge in [-0.2, -0.15) is 0 Å². The van der Waals surface area contributed by atoms with Gasteiger partial charge in [0.2, 0.25) is 0 Å². The van der Waals surface area contributed by atoms with Gasteiger partial charge in [-0.3, -0.25) is 0 Å². The zero-order valence-corrected chi connectivity index (χ0v) is 13.1. The van der Waals surface area contributed by atoms with Gasteiger partial charge in [0.05, 0.1) is 10.0 Å². The van der Waals surface area contributed by atoms with Crippen LogP contribution in [0.15, 0.2) is 18.2 Å². The fourth-order valence-electron chi connectivity index (χ4n) is 2.06. The van der Waals surface area contributed by atoms with Gasteiger partial charge in [-0.05, 0) is 31.0 Å². The number of anilines is 1. The molecule has 2 rings (SSSR count). The highest BCUT2D eigenvalue weighted by Gasteiger charge is 2.15. The molecule has 1 fully saturated rings. The van der Waals surface area contributed by atoms with Gasteiger partial charge in [-0.25, -0.2) is 0 Å². The fraction of sp³-hybridized carbons (Fsp3) is 0.462. The summed E-state index contributed by atoms with van der Waals surface area (Å²) >= 11 is 19.0. The second-order valence-electron chi connectivity index (χ2n) is 4.42. The van der Waals surface area contributed by atoms with Gasteiger partial charge < -0.3 is 5.32 Å². The number of rotatable bonds is 2. The van der Waals surface area contributed by atoms with Crippen LogP contribution in [0, 0.1) is 0 Å². The second kappa shape index (κ2) is 6.99. The van der Waals surface area contributed by atoms with Crippen molar-refractivity contribution in [1.29, 1.82) is 0 Å². The number of nitrogens with one attached hydrogen (secondary N) is 1. The average molecular weight is 320 g/mol. The first-order valence-corrected chi connectivity index (χ1v) is 8.12. The molecule has 5 heteroatoms. The fourth-order valence-corrected chi connectivity index (χ4v) is 3.93. The van der Waals surface area contributed by atoms with Gasteiger partial charge in [0.25, 0.3) is 0 Å². The average Bonchev–Trinajstić information content (AvgIpc) is 2.35. The van der Waals surface area contributed by atoms with Crippen molar-refractivity contribution in [2.24, 2.45) is 0 Å². The van der Waals surface area contributed by atoms with E-state index in [-0.39, 0.29) is 0 Å². The molecule has 0 saturated heterocycles. The van der Waals surface area contributed by atoms with Crippen LogP contribution in [0.25, 0.3) is 0 Å². The van der Waals surface area contributed by atoms with E-state index in [1.54, 1.807) is 23.9 Å². The lowest BCUT2D eigenvalue weighted by Crippen LogP contribution is -2.14. The van der Waals surface area contributed by atoms with Crippen LogP contribution in [0.4, 0.5) is 5.69 Å². The summed E-state index contributed by atoms with van der Waals surface area (Å²) in [5.74, 6) is 0. The van der Waals surface area contributed by atoms with E-state index < -0.39 is 0 Å². The van der Waals surface area contributed by atoms with Crippen LogP contribution in [0.2, 0.25) is 10.0 Å². The van der Waals surface area contributed by atoms with E-state index in [1.165, 1.54) is 32.1 Å². The normalized spacial score (nSPS) is 16.6. The number of benzene rings is 1. The molecule has 0 aliphatic heterocycles. The van der Waals surface area contributed by atoms with Gasteiger partial charge >= 0.3 is 0 Å². The Balaban J connectivity index is 1.88. The third-order valence-electron chi connectivity index (χ3n) is 2.99. The first kappa shape index (κ1) is 14.4. The molecular weight excluding hydrogens is 305 g/mol. The van der Waals surface area contributed by atoms with Crippen LogP contribution in [-0.2, 0) is 0 Å². The minimum Gasteiger partial charge on any atom is -0.341 e. The number of thioether (sulfide) groups is 1. The van der Waals surface area contributed by atoms with E-state index in [9.17, 15) is 0 Å². The highest BCUT2D eigenvalue weighted by Crippen LogP contribution is 2.30. The Morgan fingerprint density at radius 1 is 1.17 bits per heavy atom. The van der Waals surface area contributed by atoms with Crippen LogP contribution < -0.4 is 5.32 Å². The Labute approximate surface area is 128 Å². The SMILES string of the molecule is S=C(Nc1ccc(Cl)c(Cl)c1)SC1CCCCC1. The van der Waals surface area contributed by atoms with E-state index in [0.717, 1.165) is 10.0 Å². The minimum absolute atomic E-state index is 0.548. The van der Waals surface area contributed by atoms with Crippen molar-refractivity contribution < 1.29 is 0 Å². The zero-order valence-electron chi connectivity index (χ0n) is 9.92. The maximum atomic E-state index is 5.97. The summed E-state index contributed by atoms with van der Waals surface area (Å²) in [5, 5.41) is 4.99. The van der Waals surface area contributed by atoms with Crippen molar-refractivity contribution in [3.05, 3.63) is 28.2 Å². The molecule has 1 aliphatic rings. The van der Waals surface area contributed by atoms with Crippen LogP contribution >= 0.6 is 47.2 Å². The summed E-state index contributed by atoms with van der Waals surface area (Å²) < 4.78 is 0.820. The lowest BCUT2D eigenvalue weighted by molar-refractivity contribution is 0.517. The maximum absolute atomic E-state index is 5.97. The second-order valence-corrected chi connectivity index (χ2v) is 7.21. The molecule has 0 unspecified atom stereocenters. The Hall–Kier alpha value is 0.0400. The highest BCUT2D eigenvalue weighted by molar-refractivity contribution is 8.23. The molecule has 1 nitrogen and oxygen atoms in total. The number of halogens is 2. The summed E-state index contributed by atoms with van der Waals surface area (Å²) in [6.07, 6.45) is 6.56. The first-order valence-electron chi connectivity index (χ1n) is 6.08. The molecule has 0 atom stereocenters. The van der Waals surface area contributed by atoms with Crippen molar-refractivity contribution in [2.75, 3.05) is 5.32 Å². The van der Waals surface area contributed by atoms with Gasteiger partial charge in [-0.1, -0.05) is 66.4 Å². The van der Waals surface area contributed by atoms with E-state index in [2.05, 4.69) is 5.32 Å². The van der Waals surface area contributed by atoms with Crippen molar-refractivity contribution in [1.82, 2.24) is 0 Å². The Morgan fingerprint density at radius 3 is 2.56 bits per heavy atom. The first-order chi connectivity index (χ1) is 8.65. The molecule has 1 N–H and O–H groups in total. The minimum atomic E-state index is 0.548. The molecule has 18 heavy (non-hydrogen) atoms. The van der Waals surface area contributed by atoms with Gasteiger partial charge in [0, 0.05) is 10.9 Å². The Bertz CT molecular complexity index is 431. The summed E-state index contributed by atoms with van der Waals surface area (Å²) in [5.41, 5.74) is 0.901. The molecule has 0 aromatic heterocycles. The van der Waals surface area contributed by atoms with Crippen molar-refractivity contribution in [3.8, 4) is 0 Å². The zero-order chi connectivity index (χ0) is 13.0. The standard InChI is InChI=1S/C13H15Cl2NS2/c14-11-7-6-9(8-12(11)15)16-13(17)18-10-4-2-1-3-5-10/h6-8,10H,1-5H2,(H,16,17). The molecule has 98 valence electrons. The molecule has 1 aliphatic carbocycles. The highest BCUT2D eigenvalue weighted by atomic mass is 35.5. The molecule has 0 radical (unpaired) electrons. The predicted molar refractivity (Wildman–Crippen MR) is 87.1 cm³/mol. The molecule has 0 spiro atoms. The molecular formula is C13H15Cl2NS2. The molecule has 0 heterocycles. The molecule has 1 aromatic rings. The van der Waals surface area contributed by atoms with Gasteiger partial charge in [0.15, 0.2) is 0 Å². The number of hydrogen-bond acceptors (Lipinski definition) is 2. The summed E-state index contributed by atoms with van der Waals surface area (Å²) in [4.78, 5) is 0. The largest absolute Gasteiger partial charge is 0.341 e. The van der Waals surface area contributed by atoms with Crippen molar-refractivity contribution in [3.63, 3.8) is 0 Å². The van der Waals surface area contributed by atoms with Gasteiger partial charge in [0.1, 0.15) is 4.32 Å². The third kappa shape index (κ3) is 4.30. The van der Waals surface area contributed by atoms with E-state index in [4.69, 9.17) is 35.4 Å². The third-order valence-corrected chi connectivity index (χ3v) is 5.24. The van der Waals surface area contributed by atoms with Crippen molar-refractivity contribution >= 4 is 57.2 Å². The van der Waals surface area contributed by atoms with E-state index in [0.29, 0.717) is 15.3 Å². The Morgan fingerprint density at radius 2 is 1.89 bits per heavy atom. The summed E-state index contributed by atoms with van der Waals surface area (Å²) in [6.45, 7) is 0. The van der Waals surface area contributed by atoms with E-state index >= 15 is 0 Å². The summed E-state index contributed by atoms with van der Waals surface area (Å²) in [7, 11) is 0. The monoisotopic (exact) mass is 319 g/mol. The molecule has 1 aromatic carbocycles. The molecule has 0 amide bonds. The van der Waals surface area contributed by atoms with Crippen LogP contribution in [0.1, 0.15) is 32.1 Å². The topological polar surface area (TPSA) is 12.0 Å². The maximum Gasteiger partial charge on any atom is 0.138 e. The molecule has 0 bridgehead atoms. The van der Waals surface area contributed by atoms with Crippen molar-refractivity contribution in [2.45, 2.75) is 37.4 Å².